The third kappa shape index (κ3) is 4.76. The highest BCUT2D eigenvalue weighted by atomic mass is 32.2. The maximum atomic E-state index is 13.1. The van der Waals surface area contributed by atoms with Gasteiger partial charge in [0.2, 0.25) is 10.0 Å². The SMILES string of the molecule is COc1ccc(NC(=O)c2cc(S(=O)(=O)N3CCCCCC3)ccc2C)c(OC)c1. The number of ether oxygens (including phenoxy) is 2. The molecule has 0 spiro atoms. The van der Waals surface area contributed by atoms with Gasteiger partial charge in [-0.3, -0.25) is 4.79 Å². The van der Waals surface area contributed by atoms with Crippen molar-refractivity contribution in [3.8, 4) is 11.5 Å². The normalized spacial score (nSPS) is 15.3. The Morgan fingerprint density at radius 3 is 2.30 bits per heavy atom. The standard InChI is InChI=1S/C22H28N2O5S/c1-16-8-10-18(30(26,27)24-12-6-4-5-7-13-24)15-19(16)22(25)23-20-11-9-17(28-2)14-21(20)29-3/h8-11,14-15H,4-7,12-13H2,1-3H3,(H,23,25). The quantitative estimate of drug-likeness (QED) is 0.750. The average molecular weight is 433 g/mol. The van der Waals surface area contributed by atoms with Crippen molar-refractivity contribution in [2.45, 2.75) is 37.5 Å². The van der Waals surface area contributed by atoms with Crippen molar-refractivity contribution in [3.63, 3.8) is 0 Å². The lowest BCUT2D eigenvalue weighted by atomic mass is 10.1. The molecule has 8 heteroatoms. The van der Waals surface area contributed by atoms with Gasteiger partial charge in [-0.2, -0.15) is 4.31 Å². The number of nitrogens with zero attached hydrogens (tertiary/aromatic N) is 1. The van der Waals surface area contributed by atoms with E-state index in [4.69, 9.17) is 9.47 Å². The van der Waals surface area contributed by atoms with Crippen molar-refractivity contribution in [2.75, 3.05) is 32.6 Å². The van der Waals surface area contributed by atoms with E-state index >= 15 is 0 Å². The van der Waals surface area contributed by atoms with Gasteiger partial charge in [0, 0.05) is 24.7 Å². The van der Waals surface area contributed by atoms with Gasteiger partial charge < -0.3 is 14.8 Å². The molecule has 7 nitrogen and oxygen atoms in total. The molecule has 0 atom stereocenters. The lowest BCUT2D eigenvalue weighted by molar-refractivity contribution is 0.102. The Balaban J connectivity index is 1.89. The topological polar surface area (TPSA) is 84.9 Å². The largest absolute Gasteiger partial charge is 0.497 e. The molecule has 0 saturated carbocycles. The number of aryl methyl sites for hydroxylation is 1. The summed E-state index contributed by atoms with van der Waals surface area (Å²) in [6.07, 6.45) is 3.79. The summed E-state index contributed by atoms with van der Waals surface area (Å²) in [6.45, 7) is 2.81. The molecule has 1 fully saturated rings. The summed E-state index contributed by atoms with van der Waals surface area (Å²) in [6, 6.07) is 9.77. The van der Waals surface area contributed by atoms with Gasteiger partial charge in [0.1, 0.15) is 11.5 Å². The number of sulfonamides is 1. The zero-order valence-electron chi connectivity index (χ0n) is 17.6. The lowest BCUT2D eigenvalue weighted by Gasteiger charge is -2.20. The van der Waals surface area contributed by atoms with E-state index in [1.165, 1.54) is 17.5 Å². The minimum atomic E-state index is -3.64. The Bertz CT molecular complexity index is 1010. The smallest absolute Gasteiger partial charge is 0.256 e. The van der Waals surface area contributed by atoms with Crippen molar-refractivity contribution in [1.29, 1.82) is 0 Å². The first-order valence-electron chi connectivity index (χ1n) is 10.0. The van der Waals surface area contributed by atoms with Gasteiger partial charge in [0.05, 0.1) is 24.8 Å². The maximum absolute atomic E-state index is 13.1. The number of hydrogen-bond donors (Lipinski definition) is 1. The minimum absolute atomic E-state index is 0.141. The Hall–Kier alpha value is -2.58. The molecule has 0 aliphatic carbocycles. The second-order valence-corrected chi connectivity index (χ2v) is 9.25. The summed E-state index contributed by atoms with van der Waals surface area (Å²) >= 11 is 0. The summed E-state index contributed by atoms with van der Waals surface area (Å²) in [7, 11) is -0.588. The Labute approximate surface area is 178 Å². The van der Waals surface area contributed by atoms with Crippen LogP contribution < -0.4 is 14.8 Å². The van der Waals surface area contributed by atoms with Gasteiger partial charge in [-0.1, -0.05) is 18.9 Å². The highest BCUT2D eigenvalue weighted by Gasteiger charge is 2.26. The van der Waals surface area contributed by atoms with Crippen molar-refractivity contribution < 1.29 is 22.7 Å². The van der Waals surface area contributed by atoms with Crippen LogP contribution in [0.15, 0.2) is 41.3 Å². The molecular formula is C22H28N2O5S. The van der Waals surface area contributed by atoms with Crippen LogP contribution in [0.1, 0.15) is 41.6 Å². The molecule has 2 aromatic carbocycles. The lowest BCUT2D eigenvalue weighted by Crippen LogP contribution is -2.32. The number of hydrogen-bond acceptors (Lipinski definition) is 5. The molecule has 2 aromatic rings. The predicted molar refractivity (Wildman–Crippen MR) is 116 cm³/mol. The minimum Gasteiger partial charge on any atom is -0.497 e. The van der Waals surface area contributed by atoms with E-state index in [2.05, 4.69) is 5.32 Å². The van der Waals surface area contributed by atoms with Crippen LogP contribution >= 0.6 is 0 Å². The second kappa shape index (κ2) is 9.49. The first-order chi connectivity index (χ1) is 14.4. The molecule has 1 N–H and O–H groups in total. The third-order valence-corrected chi connectivity index (χ3v) is 7.21. The molecule has 1 heterocycles. The summed E-state index contributed by atoms with van der Waals surface area (Å²) in [5.74, 6) is 0.657. The fourth-order valence-electron chi connectivity index (χ4n) is 3.53. The first kappa shape index (κ1) is 22.1. The number of carbonyl (C=O) groups excluding carboxylic acids is 1. The highest BCUT2D eigenvalue weighted by molar-refractivity contribution is 7.89. The van der Waals surface area contributed by atoms with Gasteiger partial charge in [0.25, 0.3) is 5.91 Å². The molecule has 0 radical (unpaired) electrons. The molecule has 3 rings (SSSR count). The number of anilines is 1. The van der Waals surface area contributed by atoms with E-state index in [9.17, 15) is 13.2 Å². The van der Waals surface area contributed by atoms with Crippen LogP contribution in [-0.4, -0.2) is 45.9 Å². The molecule has 1 saturated heterocycles. The van der Waals surface area contributed by atoms with E-state index in [0.717, 1.165) is 25.7 Å². The van der Waals surface area contributed by atoms with Crippen molar-refractivity contribution in [3.05, 3.63) is 47.5 Å². The maximum Gasteiger partial charge on any atom is 0.256 e. The van der Waals surface area contributed by atoms with Crippen LogP contribution in [0.3, 0.4) is 0 Å². The Kier molecular flexibility index (Phi) is 6.99. The van der Waals surface area contributed by atoms with Crippen LogP contribution in [0.4, 0.5) is 5.69 Å². The first-order valence-corrected chi connectivity index (χ1v) is 11.4. The number of nitrogens with one attached hydrogen (secondary N) is 1. The molecular weight excluding hydrogens is 404 g/mol. The fourth-order valence-corrected chi connectivity index (χ4v) is 5.07. The zero-order valence-corrected chi connectivity index (χ0v) is 18.4. The van der Waals surface area contributed by atoms with Crippen LogP contribution in [-0.2, 0) is 10.0 Å². The van der Waals surface area contributed by atoms with Crippen LogP contribution in [0.2, 0.25) is 0 Å². The van der Waals surface area contributed by atoms with Gasteiger partial charge in [-0.15, -0.1) is 0 Å². The monoisotopic (exact) mass is 432 g/mol. The number of methoxy groups -OCH3 is 2. The Morgan fingerprint density at radius 2 is 1.67 bits per heavy atom. The number of carbonyl (C=O) groups is 1. The van der Waals surface area contributed by atoms with Gasteiger partial charge in [-0.05, 0) is 49.6 Å². The zero-order chi connectivity index (χ0) is 21.7. The number of rotatable bonds is 6. The van der Waals surface area contributed by atoms with E-state index in [0.29, 0.717) is 41.4 Å². The van der Waals surface area contributed by atoms with Gasteiger partial charge in [-0.25, -0.2) is 8.42 Å². The van der Waals surface area contributed by atoms with E-state index in [-0.39, 0.29) is 4.90 Å². The van der Waals surface area contributed by atoms with E-state index < -0.39 is 15.9 Å². The van der Waals surface area contributed by atoms with Gasteiger partial charge in [0.15, 0.2) is 0 Å². The molecule has 0 bridgehead atoms. The molecule has 1 aliphatic heterocycles. The second-order valence-electron chi connectivity index (χ2n) is 7.32. The molecule has 1 amide bonds. The molecule has 30 heavy (non-hydrogen) atoms. The number of benzene rings is 2. The summed E-state index contributed by atoms with van der Waals surface area (Å²) < 4.78 is 38.3. The fraction of sp³-hybridized carbons (Fsp3) is 0.409. The summed E-state index contributed by atoms with van der Waals surface area (Å²) in [5, 5.41) is 2.81. The van der Waals surface area contributed by atoms with Crippen molar-refractivity contribution in [2.24, 2.45) is 0 Å². The van der Waals surface area contributed by atoms with Gasteiger partial charge >= 0.3 is 0 Å². The van der Waals surface area contributed by atoms with Crippen molar-refractivity contribution >= 4 is 21.6 Å². The Morgan fingerprint density at radius 1 is 0.967 bits per heavy atom. The molecule has 0 aromatic heterocycles. The molecule has 162 valence electrons. The molecule has 1 aliphatic rings. The van der Waals surface area contributed by atoms with E-state index in [1.54, 1.807) is 44.4 Å². The van der Waals surface area contributed by atoms with Crippen LogP contribution in [0.5, 0.6) is 11.5 Å². The average Bonchev–Trinajstić information content (AvgIpc) is 3.04. The van der Waals surface area contributed by atoms with Crippen molar-refractivity contribution in [1.82, 2.24) is 4.31 Å². The predicted octanol–water partition coefficient (Wildman–Crippen LogP) is 3.83. The van der Waals surface area contributed by atoms with Crippen LogP contribution in [0.25, 0.3) is 0 Å². The molecule has 0 unspecified atom stereocenters. The highest BCUT2D eigenvalue weighted by Crippen LogP contribution is 2.30. The number of amides is 1. The van der Waals surface area contributed by atoms with E-state index in [1.807, 2.05) is 0 Å². The third-order valence-electron chi connectivity index (χ3n) is 5.31. The van der Waals surface area contributed by atoms with Crippen LogP contribution in [0, 0.1) is 6.92 Å². The summed E-state index contributed by atoms with van der Waals surface area (Å²) in [4.78, 5) is 13.1. The summed E-state index contributed by atoms with van der Waals surface area (Å²) in [5.41, 5.74) is 1.47.